The second kappa shape index (κ2) is 5.46. The van der Waals surface area contributed by atoms with Crippen LogP contribution in [0.5, 0.6) is 0 Å². The summed E-state index contributed by atoms with van der Waals surface area (Å²) in [6, 6.07) is 0.495. The van der Waals surface area contributed by atoms with E-state index in [0.29, 0.717) is 18.5 Å². The molecule has 1 saturated heterocycles. The molecule has 0 amide bonds. The highest BCUT2D eigenvalue weighted by Crippen LogP contribution is 2.24. The van der Waals surface area contributed by atoms with Crippen LogP contribution in [0.4, 0.5) is 6.01 Å². The molecule has 2 heterocycles. The third-order valence-electron chi connectivity index (χ3n) is 3.24. The number of nitrogens with one attached hydrogen (secondary N) is 2. The third kappa shape index (κ3) is 4.47. The van der Waals surface area contributed by atoms with Gasteiger partial charge in [0, 0.05) is 24.3 Å². The van der Waals surface area contributed by atoms with Crippen LogP contribution in [0.25, 0.3) is 0 Å². The zero-order valence-electron chi connectivity index (χ0n) is 12.2. The highest BCUT2D eigenvalue weighted by atomic mass is 16.5. The minimum absolute atomic E-state index is 0.0144. The quantitative estimate of drug-likeness (QED) is 0.869. The number of nitrogens with zero attached hydrogens (tertiary/aromatic N) is 2. The maximum absolute atomic E-state index is 5.61. The predicted molar refractivity (Wildman–Crippen MR) is 73.0 cm³/mol. The smallest absolute Gasteiger partial charge is 0.315 e. The standard InChI is InChI=1S/C13H24N4O2/c1-12(2,3)14-9-10-16-17-11(19-10)15-13(4)5-7-18-8-6-13/h14H,5-9H2,1-4H3,(H,15,17). The van der Waals surface area contributed by atoms with Crippen molar-refractivity contribution in [3.63, 3.8) is 0 Å². The Morgan fingerprint density at radius 2 is 1.89 bits per heavy atom. The first kappa shape index (κ1) is 14.3. The van der Waals surface area contributed by atoms with Crippen LogP contribution in [0.2, 0.25) is 0 Å². The molecule has 1 aliphatic heterocycles. The highest BCUT2D eigenvalue weighted by Gasteiger charge is 2.28. The van der Waals surface area contributed by atoms with Crippen LogP contribution in [-0.2, 0) is 11.3 Å². The number of anilines is 1. The lowest BCUT2D eigenvalue weighted by molar-refractivity contribution is 0.0650. The molecule has 0 bridgehead atoms. The molecular formula is C13H24N4O2. The molecule has 6 heteroatoms. The summed E-state index contributed by atoms with van der Waals surface area (Å²) in [7, 11) is 0. The molecule has 6 nitrogen and oxygen atoms in total. The molecule has 1 aliphatic rings. The topological polar surface area (TPSA) is 72.2 Å². The first-order valence-electron chi connectivity index (χ1n) is 6.80. The number of hydrogen-bond donors (Lipinski definition) is 2. The fourth-order valence-electron chi connectivity index (χ4n) is 1.92. The van der Waals surface area contributed by atoms with Gasteiger partial charge >= 0.3 is 6.01 Å². The van der Waals surface area contributed by atoms with Crippen molar-refractivity contribution in [3.8, 4) is 0 Å². The maximum Gasteiger partial charge on any atom is 0.315 e. The monoisotopic (exact) mass is 268 g/mol. The van der Waals surface area contributed by atoms with Crippen LogP contribution in [0.1, 0.15) is 46.4 Å². The lowest BCUT2D eigenvalue weighted by atomic mass is 9.93. The molecule has 0 radical (unpaired) electrons. The van der Waals surface area contributed by atoms with E-state index in [0.717, 1.165) is 26.1 Å². The Kier molecular flexibility index (Phi) is 4.10. The van der Waals surface area contributed by atoms with Crippen molar-refractivity contribution in [1.29, 1.82) is 0 Å². The maximum atomic E-state index is 5.61. The fourth-order valence-corrected chi connectivity index (χ4v) is 1.92. The van der Waals surface area contributed by atoms with Gasteiger partial charge in [0.1, 0.15) is 0 Å². The predicted octanol–water partition coefficient (Wildman–Crippen LogP) is 1.94. The molecule has 2 rings (SSSR count). The van der Waals surface area contributed by atoms with Crippen LogP contribution < -0.4 is 10.6 Å². The highest BCUT2D eigenvalue weighted by molar-refractivity contribution is 5.23. The van der Waals surface area contributed by atoms with Gasteiger partial charge in [0.25, 0.3) is 0 Å². The van der Waals surface area contributed by atoms with Crippen molar-refractivity contribution in [2.75, 3.05) is 18.5 Å². The number of hydrogen-bond acceptors (Lipinski definition) is 6. The van der Waals surface area contributed by atoms with Crippen molar-refractivity contribution in [2.45, 2.75) is 58.2 Å². The number of aromatic nitrogens is 2. The van der Waals surface area contributed by atoms with Gasteiger partial charge in [0.2, 0.25) is 5.89 Å². The molecule has 2 N–H and O–H groups in total. The van der Waals surface area contributed by atoms with E-state index in [1.807, 2.05) is 0 Å². The second-order valence-corrected chi connectivity index (χ2v) is 6.40. The van der Waals surface area contributed by atoms with Gasteiger partial charge in [-0.3, -0.25) is 0 Å². The first-order valence-corrected chi connectivity index (χ1v) is 6.80. The van der Waals surface area contributed by atoms with E-state index >= 15 is 0 Å². The summed E-state index contributed by atoms with van der Waals surface area (Å²) in [6.45, 7) is 10.6. The average molecular weight is 268 g/mol. The summed E-state index contributed by atoms with van der Waals surface area (Å²) < 4.78 is 11.0. The van der Waals surface area contributed by atoms with Crippen molar-refractivity contribution in [2.24, 2.45) is 0 Å². The summed E-state index contributed by atoms with van der Waals surface area (Å²) in [5.74, 6) is 0.605. The van der Waals surface area contributed by atoms with Gasteiger partial charge in [-0.05, 0) is 40.5 Å². The Hall–Kier alpha value is -1.14. The molecule has 1 aromatic heterocycles. The van der Waals surface area contributed by atoms with Gasteiger partial charge < -0.3 is 19.8 Å². The van der Waals surface area contributed by atoms with E-state index in [-0.39, 0.29) is 11.1 Å². The SMILES string of the molecule is CC(C)(C)NCc1nnc(NC2(C)CCOCC2)o1. The minimum Gasteiger partial charge on any atom is -0.407 e. The molecular weight excluding hydrogens is 244 g/mol. The van der Waals surface area contributed by atoms with Crippen LogP contribution in [0.15, 0.2) is 4.42 Å². The Labute approximate surface area is 114 Å². The normalized spacial score (nSPS) is 19.4. The summed E-state index contributed by atoms with van der Waals surface area (Å²) in [5, 5.41) is 14.7. The minimum atomic E-state index is -0.0144. The van der Waals surface area contributed by atoms with E-state index < -0.39 is 0 Å². The molecule has 19 heavy (non-hydrogen) atoms. The van der Waals surface area contributed by atoms with E-state index in [2.05, 4.69) is 48.5 Å². The van der Waals surface area contributed by atoms with Crippen molar-refractivity contribution in [3.05, 3.63) is 5.89 Å². The zero-order chi connectivity index (χ0) is 13.9. The largest absolute Gasteiger partial charge is 0.407 e. The second-order valence-electron chi connectivity index (χ2n) is 6.40. The Morgan fingerprint density at radius 1 is 1.21 bits per heavy atom. The molecule has 1 fully saturated rings. The summed E-state index contributed by atoms with van der Waals surface area (Å²) in [6.07, 6.45) is 1.90. The molecule has 0 atom stereocenters. The number of ether oxygens (including phenoxy) is 1. The van der Waals surface area contributed by atoms with Gasteiger partial charge in [0.05, 0.1) is 6.54 Å². The Bertz CT molecular complexity index is 405. The van der Waals surface area contributed by atoms with Crippen LogP contribution in [0.3, 0.4) is 0 Å². The van der Waals surface area contributed by atoms with Gasteiger partial charge in [-0.25, -0.2) is 0 Å². The van der Waals surface area contributed by atoms with E-state index in [1.54, 1.807) is 0 Å². The summed E-state index contributed by atoms with van der Waals surface area (Å²) in [4.78, 5) is 0. The molecule has 0 spiro atoms. The molecule has 0 saturated carbocycles. The molecule has 108 valence electrons. The van der Waals surface area contributed by atoms with Crippen molar-refractivity contribution < 1.29 is 9.15 Å². The van der Waals surface area contributed by atoms with Crippen LogP contribution >= 0.6 is 0 Å². The van der Waals surface area contributed by atoms with E-state index in [1.165, 1.54) is 0 Å². The summed E-state index contributed by atoms with van der Waals surface area (Å²) in [5.41, 5.74) is 0.0221. The zero-order valence-corrected chi connectivity index (χ0v) is 12.2. The third-order valence-corrected chi connectivity index (χ3v) is 3.24. The first-order chi connectivity index (χ1) is 8.86. The summed E-state index contributed by atoms with van der Waals surface area (Å²) >= 11 is 0. The molecule has 0 unspecified atom stereocenters. The van der Waals surface area contributed by atoms with Crippen LogP contribution in [-0.4, -0.2) is 34.5 Å². The van der Waals surface area contributed by atoms with Crippen molar-refractivity contribution >= 4 is 6.01 Å². The molecule has 0 aromatic carbocycles. The lowest BCUT2D eigenvalue weighted by Gasteiger charge is -2.33. The van der Waals surface area contributed by atoms with Gasteiger partial charge in [-0.15, -0.1) is 5.10 Å². The van der Waals surface area contributed by atoms with Gasteiger partial charge in [0.15, 0.2) is 0 Å². The molecule has 0 aliphatic carbocycles. The average Bonchev–Trinajstić information content (AvgIpc) is 2.73. The van der Waals surface area contributed by atoms with E-state index in [4.69, 9.17) is 9.15 Å². The Morgan fingerprint density at radius 3 is 2.53 bits per heavy atom. The van der Waals surface area contributed by atoms with Gasteiger partial charge in [-0.2, -0.15) is 0 Å². The van der Waals surface area contributed by atoms with Gasteiger partial charge in [-0.1, -0.05) is 5.10 Å². The Balaban J connectivity index is 1.90. The molecule has 1 aromatic rings. The fraction of sp³-hybridized carbons (Fsp3) is 0.846. The van der Waals surface area contributed by atoms with E-state index in [9.17, 15) is 0 Å². The lowest BCUT2D eigenvalue weighted by Crippen LogP contribution is -2.40. The number of rotatable bonds is 4. The van der Waals surface area contributed by atoms with Crippen LogP contribution in [0, 0.1) is 0 Å². The van der Waals surface area contributed by atoms with Crippen molar-refractivity contribution in [1.82, 2.24) is 15.5 Å².